The van der Waals surface area contributed by atoms with Crippen LogP contribution in [0.1, 0.15) is 19.4 Å². The van der Waals surface area contributed by atoms with Crippen molar-refractivity contribution >= 4 is 34.6 Å². The fourth-order valence-corrected chi connectivity index (χ4v) is 6.02. The van der Waals surface area contributed by atoms with Crippen LogP contribution in [-0.4, -0.2) is 61.0 Å². The number of para-hydroxylation sites is 1. The maximum Gasteiger partial charge on any atom is 0.334 e. The van der Waals surface area contributed by atoms with Gasteiger partial charge in [0.25, 0.3) is 17.5 Å². The van der Waals surface area contributed by atoms with Crippen molar-refractivity contribution in [1.82, 2.24) is 10.2 Å². The number of fused-ring (bicyclic) bond motifs is 1. The van der Waals surface area contributed by atoms with Crippen LogP contribution in [0.4, 0.5) is 5.69 Å². The van der Waals surface area contributed by atoms with Crippen LogP contribution in [0.15, 0.2) is 54.6 Å². The molecule has 184 valence electrons. The molecule has 2 heterocycles. The molecule has 2 aliphatic heterocycles. The highest BCUT2D eigenvalue weighted by molar-refractivity contribution is 7.94. The minimum atomic E-state index is -1.66. The van der Waals surface area contributed by atoms with E-state index in [4.69, 9.17) is 9.47 Å². The number of benzene rings is 2. The van der Waals surface area contributed by atoms with Crippen LogP contribution in [0, 0.1) is 10.1 Å². The van der Waals surface area contributed by atoms with E-state index in [2.05, 4.69) is 5.32 Å². The molecule has 2 amide bonds. The Kier molecular flexibility index (Phi) is 6.68. The van der Waals surface area contributed by atoms with Gasteiger partial charge in [-0.3, -0.25) is 24.6 Å². The van der Waals surface area contributed by atoms with Crippen LogP contribution in [-0.2, 0) is 36.9 Å². The van der Waals surface area contributed by atoms with Crippen LogP contribution in [0.3, 0.4) is 0 Å². The zero-order valence-electron chi connectivity index (χ0n) is 18.9. The number of non-ortho nitro benzene ring substituents is 1. The van der Waals surface area contributed by atoms with Gasteiger partial charge in [0.05, 0.1) is 4.92 Å². The van der Waals surface area contributed by atoms with E-state index < -0.39 is 56.1 Å². The molecule has 0 spiro atoms. The Hall–Kier alpha value is -3.64. The molecule has 3 unspecified atom stereocenters. The summed E-state index contributed by atoms with van der Waals surface area (Å²) in [4.78, 5) is 49.5. The molecule has 2 aromatic rings. The maximum atomic E-state index is 13.2. The summed E-state index contributed by atoms with van der Waals surface area (Å²) >= 11 is -1.66. The van der Waals surface area contributed by atoms with Gasteiger partial charge in [0.2, 0.25) is 5.37 Å². The third-order valence-electron chi connectivity index (χ3n) is 5.94. The van der Waals surface area contributed by atoms with Gasteiger partial charge < -0.3 is 19.3 Å². The lowest BCUT2D eigenvalue weighted by Crippen LogP contribution is -2.72. The number of nitro benzene ring substituents is 1. The van der Waals surface area contributed by atoms with Crippen molar-refractivity contribution in [2.75, 3.05) is 6.61 Å². The average molecular weight is 502 g/mol. The number of nitrogens with one attached hydrogen (secondary N) is 1. The van der Waals surface area contributed by atoms with Gasteiger partial charge in [-0.05, 0) is 54.9 Å². The fourth-order valence-electron chi connectivity index (χ4n) is 4.10. The molecule has 0 aromatic heterocycles. The predicted molar refractivity (Wildman–Crippen MR) is 123 cm³/mol. The van der Waals surface area contributed by atoms with E-state index in [0.29, 0.717) is 11.3 Å². The van der Waals surface area contributed by atoms with Gasteiger partial charge in [-0.2, -0.15) is 0 Å². The second-order valence-electron chi connectivity index (χ2n) is 8.62. The van der Waals surface area contributed by atoms with E-state index in [0.717, 1.165) is 0 Å². The molecule has 0 aliphatic carbocycles. The molecule has 2 aromatic carbocycles. The number of ether oxygens (including phenoxy) is 2. The lowest BCUT2D eigenvalue weighted by atomic mass is 9.96. The number of nitro groups is 1. The van der Waals surface area contributed by atoms with Crippen molar-refractivity contribution in [3.63, 3.8) is 0 Å². The number of esters is 1. The molecule has 0 radical (unpaired) electrons. The Morgan fingerprint density at radius 3 is 2.43 bits per heavy atom. The fraction of sp³-hybridized carbons (Fsp3) is 0.348. The molecule has 2 saturated heterocycles. The van der Waals surface area contributed by atoms with Crippen LogP contribution in [0.25, 0.3) is 0 Å². The first kappa shape index (κ1) is 24.5. The van der Waals surface area contributed by atoms with E-state index in [1.54, 1.807) is 44.2 Å². The molecule has 2 aliphatic rings. The van der Waals surface area contributed by atoms with Crippen molar-refractivity contribution in [3.05, 3.63) is 70.3 Å². The average Bonchev–Trinajstić information content (AvgIpc) is 3.03. The molecule has 1 N–H and O–H groups in total. The van der Waals surface area contributed by atoms with E-state index in [1.165, 1.54) is 29.2 Å². The number of carbonyl (C=O) groups is 3. The quantitative estimate of drug-likeness (QED) is 0.187. The third kappa shape index (κ3) is 4.66. The number of hydrogen-bond acceptors (Lipinski definition) is 8. The molecule has 0 saturated carbocycles. The number of β-lactam (4-membered cyclic amide) rings is 1. The summed E-state index contributed by atoms with van der Waals surface area (Å²) in [7, 11) is 0. The highest BCUT2D eigenvalue weighted by atomic mass is 32.2. The molecule has 0 bridgehead atoms. The summed E-state index contributed by atoms with van der Waals surface area (Å²) in [6.45, 7) is 2.71. The first-order valence-electron chi connectivity index (χ1n) is 10.7. The summed E-state index contributed by atoms with van der Waals surface area (Å²) in [5.41, 5.74) is 0.430. The SMILES string of the molecule is CC1(C)C(C(=O)OCc2ccc([N+](=O)[O-])cc2)N2C(=O)C(NC(=O)COc3ccccc3)[C@@H]2[S+]1[O-]. The second-order valence-corrected chi connectivity index (χ2v) is 10.7. The van der Waals surface area contributed by atoms with Gasteiger partial charge in [0, 0.05) is 12.1 Å². The largest absolute Gasteiger partial charge is 0.614 e. The molecular weight excluding hydrogens is 478 g/mol. The Balaban J connectivity index is 1.38. The van der Waals surface area contributed by atoms with Crippen molar-refractivity contribution in [1.29, 1.82) is 0 Å². The van der Waals surface area contributed by atoms with E-state index in [9.17, 15) is 29.1 Å². The zero-order valence-corrected chi connectivity index (χ0v) is 19.7. The molecule has 4 atom stereocenters. The minimum absolute atomic E-state index is 0.0938. The Bertz CT molecular complexity index is 1140. The summed E-state index contributed by atoms with van der Waals surface area (Å²) in [6.07, 6.45) is 0. The molecule has 2 fully saturated rings. The van der Waals surface area contributed by atoms with Crippen molar-refractivity contribution in [2.45, 2.75) is 42.7 Å². The van der Waals surface area contributed by atoms with Crippen LogP contribution in [0.2, 0.25) is 0 Å². The molecule has 35 heavy (non-hydrogen) atoms. The molecule has 11 nitrogen and oxygen atoms in total. The monoisotopic (exact) mass is 501 g/mol. The first-order valence-corrected chi connectivity index (χ1v) is 11.9. The normalized spacial score (nSPS) is 24.2. The van der Waals surface area contributed by atoms with Gasteiger partial charge in [-0.15, -0.1) is 0 Å². The highest BCUT2D eigenvalue weighted by Crippen LogP contribution is 2.46. The van der Waals surface area contributed by atoms with Gasteiger partial charge >= 0.3 is 5.97 Å². The number of hydrogen-bond donors (Lipinski definition) is 1. The Labute approximate surface area is 203 Å². The van der Waals surface area contributed by atoms with Gasteiger partial charge in [-0.25, -0.2) is 4.79 Å². The van der Waals surface area contributed by atoms with E-state index in [1.807, 2.05) is 0 Å². The number of amides is 2. The Morgan fingerprint density at radius 1 is 1.14 bits per heavy atom. The van der Waals surface area contributed by atoms with Gasteiger partial charge in [0.15, 0.2) is 23.4 Å². The maximum absolute atomic E-state index is 13.2. The standard InChI is InChI=1S/C23H23N3O8S/c1-23(2)19(22(29)34-12-14-8-10-15(11-9-14)26(30)31)25-20(28)18(21(25)35(23)32)24-17(27)13-33-16-6-4-3-5-7-16/h3-11,18-19,21H,12-13H2,1-2H3,(H,24,27)/t18?,19?,21-,35?/m0/s1. The second kappa shape index (κ2) is 9.55. The molecular formula is C23H23N3O8S. The summed E-state index contributed by atoms with van der Waals surface area (Å²) < 4.78 is 22.8. The number of nitrogens with zero attached hydrogens (tertiary/aromatic N) is 2. The number of carbonyl (C=O) groups excluding carboxylic acids is 3. The lowest BCUT2D eigenvalue weighted by Gasteiger charge is -2.41. The van der Waals surface area contributed by atoms with Crippen molar-refractivity contribution < 1.29 is 33.3 Å². The third-order valence-corrected chi connectivity index (χ3v) is 8.13. The molecule has 4 rings (SSSR count). The van der Waals surface area contributed by atoms with Crippen LogP contribution < -0.4 is 10.1 Å². The number of rotatable bonds is 8. The predicted octanol–water partition coefficient (Wildman–Crippen LogP) is 1.28. The Morgan fingerprint density at radius 2 is 1.80 bits per heavy atom. The minimum Gasteiger partial charge on any atom is -0.614 e. The molecule has 12 heteroatoms. The smallest absolute Gasteiger partial charge is 0.334 e. The summed E-state index contributed by atoms with van der Waals surface area (Å²) in [5.74, 6) is -1.33. The van der Waals surface area contributed by atoms with E-state index >= 15 is 0 Å². The van der Waals surface area contributed by atoms with E-state index in [-0.39, 0.29) is 18.9 Å². The highest BCUT2D eigenvalue weighted by Gasteiger charge is 2.73. The topological polar surface area (TPSA) is 151 Å². The van der Waals surface area contributed by atoms with Crippen LogP contribution >= 0.6 is 0 Å². The summed E-state index contributed by atoms with van der Waals surface area (Å²) in [6, 6.07) is 12.1. The van der Waals surface area contributed by atoms with Gasteiger partial charge in [-0.1, -0.05) is 18.2 Å². The first-order chi connectivity index (χ1) is 16.6. The van der Waals surface area contributed by atoms with Crippen molar-refractivity contribution in [3.8, 4) is 5.75 Å². The zero-order chi connectivity index (χ0) is 25.3. The van der Waals surface area contributed by atoms with Crippen LogP contribution in [0.5, 0.6) is 5.75 Å². The van der Waals surface area contributed by atoms with Gasteiger partial charge in [0.1, 0.15) is 12.4 Å². The summed E-state index contributed by atoms with van der Waals surface area (Å²) in [5, 5.41) is 12.5. The van der Waals surface area contributed by atoms with Crippen molar-refractivity contribution in [2.24, 2.45) is 0 Å². The lowest BCUT2D eigenvalue weighted by molar-refractivity contribution is -0.384.